The van der Waals surface area contributed by atoms with Crippen LogP contribution in [0.4, 0.5) is 0 Å². The van der Waals surface area contributed by atoms with Gasteiger partial charge < -0.3 is 0 Å². The number of fused-ring (bicyclic) bond motifs is 1. The molecule has 1 aliphatic rings. The number of hydrogen-bond acceptors (Lipinski definition) is 3. The van der Waals surface area contributed by atoms with E-state index in [-0.39, 0.29) is 0 Å². The first-order chi connectivity index (χ1) is 9.22. The standard InChI is InChI=1S/C15H21N3S/c1-11-8-12(2)18-9-13(17-15(18)16-11)10-19-14-6-4-3-5-7-14/h8-9,14H,3-7,10H2,1-2H3. The van der Waals surface area contributed by atoms with E-state index in [0.29, 0.717) is 0 Å². The van der Waals surface area contributed by atoms with Gasteiger partial charge in [-0.2, -0.15) is 11.8 Å². The van der Waals surface area contributed by atoms with Crippen molar-refractivity contribution in [2.75, 3.05) is 0 Å². The zero-order chi connectivity index (χ0) is 13.2. The van der Waals surface area contributed by atoms with E-state index in [1.54, 1.807) is 0 Å². The number of thioether (sulfide) groups is 1. The van der Waals surface area contributed by atoms with Crippen LogP contribution in [-0.2, 0) is 5.75 Å². The molecule has 3 rings (SSSR count). The molecule has 0 aromatic carbocycles. The Hall–Kier alpha value is -1.03. The lowest BCUT2D eigenvalue weighted by atomic mass is 10.0. The fraction of sp³-hybridized carbons (Fsp3) is 0.600. The highest BCUT2D eigenvalue weighted by atomic mass is 32.2. The van der Waals surface area contributed by atoms with Crippen molar-refractivity contribution in [3.05, 3.63) is 29.3 Å². The van der Waals surface area contributed by atoms with Crippen LogP contribution < -0.4 is 0 Å². The second kappa shape index (κ2) is 5.53. The summed E-state index contributed by atoms with van der Waals surface area (Å²) >= 11 is 2.07. The van der Waals surface area contributed by atoms with Gasteiger partial charge in [-0.25, -0.2) is 9.97 Å². The minimum atomic E-state index is 0.842. The Morgan fingerprint density at radius 1 is 1.21 bits per heavy atom. The lowest BCUT2D eigenvalue weighted by molar-refractivity contribution is 0.516. The molecule has 2 aromatic heterocycles. The van der Waals surface area contributed by atoms with Crippen LogP contribution in [0.15, 0.2) is 12.3 Å². The highest BCUT2D eigenvalue weighted by molar-refractivity contribution is 7.99. The van der Waals surface area contributed by atoms with Crippen molar-refractivity contribution in [1.82, 2.24) is 14.4 Å². The molecule has 1 fully saturated rings. The normalized spacial score (nSPS) is 17.2. The summed E-state index contributed by atoms with van der Waals surface area (Å²) in [6, 6.07) is 2.10. The van der Waals surface area contributed by atoms with Gasteiger partial charge in [0.2, 0.25) is 5.78 Å². The lowest BCUT2D eigenvalue weighted by Crippen LogP contribution is -2.08. The number of aromatic nitrogens is 3. The Balaban J connectivity index is 1.72. The Bertz CT molecular complexity index is 570. The fourth-order valence-corrected chi connectivity index (χ4v) is 4.04. The third-order valence-corrected chi connectivity index (χ3v) is 5.24. The van der Waals surface area contributed by atoms with E-state index in [0.717, 1.165) is 28.2 Å². The second-order valence-corrected chi connectivity index (χ2v) is 6.80. The number of nitrogens with zero attached hydrogens (tertiary/aromatic N) is 3. The van der Waals surface area contributed by atoms with Crippen LogP contribution in [0, 0.1) is 13.8 Å². The highest BCUT2D eigenvalue weighted by Crippen LogP contribution is 2.30. The predicted octanol–water partition coefficient (Wildman–Crippen LogP) is 3.91. The molecule has 0 spiro atoms. The largest absolute Gasteiger partial charge is 0.288 e. The topological polar surface area (TPSA) is 30.2 Å². The third-order valence-electron chi connectivity index (χ3n) is 3.83. The van der Waals surface area contributed by atoms with Crippen molar-refractivity contribution >= 4 is 17.5 Å². The number of hydrogen-bond donors (Lipinski definition) is 0. The number of aryl methyl sites for hydroxylation is 2. The first-order valence-electron chi connectivity index (χ1n) is 7.16. The molecule has 2 heterocycles. The van der Waals surface area contributed by atoms with Gasteiger partial charge in [0.05, 0.1) is 5.69 Å². The maximum atomic E-state index is 4.65. The summed E-state index contributed by atoms with van der Waals surface area (Å²) in [5, 5.41) is 0.842. The van der Waals surface area contributed by atoms with Crippen molar-refractivity contribution < 1.29 is 0 Å². The van der Waals surface area contributed by atoms with Gasteiger partial charge in [0.1, 0.15) is 0 Å². The van der Waals surface area contributed by atoms with E-state index in [1.165, 1.54) is 37.8 Å². The molecule has 2 aromatic rings. The molecule has 1 aliphatic carbocycles. The van der Waals surface area contributed by atoms with Gasteiger partial charge >= 0.3 is 0 Å². The number of imidazole rings is 1. The van der Waals surface area contributed by atoms with Crippen molar-refractivity contribution in [1.29, 1.82) is 0 Å². The third kappa shape index (κ3) is 2.94. The SMILES string of the molecule is Cc1cc(C)n2cc(CSC3CCCCC3)nc2n1. The smallest absolute Gasteiger partial charge is 0.234 e. The highest BCUT2D eigenvalue weighted by Gasteiger charge is 2.14. The fourth-order valence-electron chi connectivity index (χ4n) is 2.82. The van der Waals surface area contributed by atoms with E-state index in [1.807, 2.05) is 6.92 Å². The van der Waals surface area contributed by atoms with Crippen LogP contribution in [0.2, 0.25) is 0 Å². The summed E-state index contributed by atoms with van der Waals surface area (Å²) < 4.78 is 2.10. The van der Waals surface area contributed by atoms with Crippen molar-refractivity contribution in [2.45, 2.75) is 57.0 Å². The quantitative estimate of drug-likeness (QED) is 0.850. The van der Waals surface area contributed by atoms with Gasteiger partial charge in [0.25, 0.3) is 0 Å². The van der Waals surface area contributed by atoms with Gasteiger partial charge in [0, 0.05) is 28.6 Å². The van der Waals surface area contributed by atoms with Crippen LogP contribution in [0.25, 0.3) is 5.78 Å². The molecule has 1 saturated carbocycles. The van der Waals surface area contributed by atoms with Crippen LogP contribution in [0.5, 0.6) is 0 Å². The molecular formula is C15H21N3S. The van der Waals surface area contributed by atoms with E-state index in [9.17, 15) is 0 Å². The van der Waals surface area contributed by atoms with Gasteiger partial charge in [-0.1, -0.05) is 19.3 Å². The molecule has 3 nitrogen and oxygen atoms in total. The summed E-state index contributed by atoms with van der Waals surface area (Å²) in [6.45, 7) is 4.14. The van der Waals surface area contributed by atoms with Crippen LogP contribution >= 0.6 is 11.8 Å². The molecule has 0 N–H and O–H groups in total. The van der Waals surface area contributed by atoms with Crippen molar-refractivity contribution in [3.63, 3.8) is 0 Å². The van der Waals surface area contributed by atoms with Crippen LogP contribution in [0.3, 0.4) is 0 Å². The molecule has 102 valence electrons. The first-order valence-corrected chi connectivity index (χ1v) is 8.21. The summed E-state index contributed by atoms with van der Waals surface area (Å²) in [7, 11) is 0. The minimum Gasteiger partial charge on any atom is -0.288 e. The lowest BCUT2D eigenvalue weighted by Gasteiger charge is -2.20. The van der Waals surface area contributed by atoms with E-state index < -0.39 is 0 Å². The van der Waals surface area contributed by atoms with Crippen molar-refractivity contribution in [2.24, 2.45) is 0 Å². The van der Waals surface area contributed by atoms with Gasteiger partial charge in [-0.05, 0) is 32.8 Å². The van der Waals surface area contributed by atoms with Crippen LogP contribution in [0.1, 0.15) is 49.2 Å². The van der Waals surface area contributed by atoms with Crippen molar-refractivity contribution in [3.8, 4) is 0 Å². The molecule has 0 radical (unpaired) electrons. The Morgan fingerprint density at radius 2 is 2.00 bits per heavy atom. The van der Waals surface area contributed by atoms with Gasteiger partial charge in [-0.3, -0.25) is 4.40 Å². The maximum absolute atomic E-state index is 4.65. The zero-order valence-electron chi connectivity index (χ0n) is 11.7. The molecule has 4 heteroatoms. The predicted molar refractivity (Wildman–Crippen MR) is 80.6 cm³/mol. The van der Waals surface area contributed by atoms with Crippen LogP contribution in [-0.4, -0.2) is 19.6 Å². The molecule has 19 heavy (non-hydrogen) atoms. The van der Waals surface area contributed by atoms with Gasteiger partial charge in [-0.15, -0.1) is 0 Å². The molecule has 0 bridgehead atoms. The summed E-state index contributed by atoms with van der Waals surface area (Å²) in [4.78, 5) is 9.14. The average Bonchev–Trinajstić information content (AvgIpc) is 2.81. The molecule has 0 amide bonds. The molecular weight excluding hydrogens is 254 g/mol. The van der Waals surface area contributed by atoms with E-state index in [4.69, 9.17) is 0 Å². The minimum absolute atomic E-state index is 0.842. The van der Waals surface area contributed by atoms with E-state index >= 15 is 0 Å². The summed E-state index contributed by atoms with van der Waals surface area (Å²) in [6.07, 6.45) is 9.15. The molecule has 0 aliphatic heterocycles. The second-order valence-electron chi connectivity index (χ2n) is 5.51. The Morgan fingerprint density at radius 3 is 2.79 bits per heavy atom. The number of rotatable bonds is 3. The van der Waals surface area contributed by atoms with Gasteiger partial charge in [0.15, 0.2) is 0 Å². The van der Waals surface area contributed by atoms with E-state index in [2.05, 4.69) is 45.3 Å². The first kappa shape index (κ1) is 13.0. The molecule has 0 saturated heterocycles. The zero-order valence-corrected chi connectivity index (χ0v) is 12.5. The monoisotopic (exact) mass is 275 g/mol. The summed E-state index contributed by atoms with van der Waals surface area (Å²) in [5.41, 5.74) is 3.42. The Kier molecular flexibility index (Phi) is 3.78. The Labute approximate surface area is 118 Å². The average molecular weight is 275 g/mol. The summed E-state index contributed by atoms with van der Waals surface area (Å²) in [5.74, 6) is 1.86. The molecule has 0 atom stereocenters. The maximum Gasteiger partial charge on any atom is 0.234 e. The molecule has 0 unspecified atom stereocenters.